The third-order valence-electron chi connectivity index (χ3n) is 3.53. The lowest BCUT2D eigenvalue weighted by molar-refractivity contribution is 0.0963. The van der Waals surface area contributed by atoms with E-state index in [9.17, 15) is 9.18 Å². The molecule has 0 saturated carbocycles. The summed E-state index contributed by atoms with van der Waals surface area (Å²) in [5.41, 5.74) is 2.39. The van der Waals surface area contributed by atoms with Crippen molar-refractivity contribution >= 4 is 35.8 Å². The molecule has 0 spiro atoms. The number of carbonyl (C=O) groups excluding carboxylic acids is 1. The number of halogens is 2. The summed E-state index contributed by atoms with van der Waals surface area (Å²) in [5.74, 6) is 0.252. The fourth-order valence-electron chi connectivity index (χ4n) is 2.30. The Kier molecular flexibility index (Phi) is 9.64. The quantitative estimate of drug-likeness (QED) is 0.346. The molecule has 5 nitrogen and oxygen atoms in total. The zero-order valence-electron chi connectivity index (χ0n) is 14.9. The molecular formula is C19H24FIN4O. The summed E-state index contributed by atoms with van der Waals surface area (Å²) >= 11 is 0. The second-order valence-corrected chi connectivity index (χ2v) is 5.46. The average molecular weight is 470 g/mol. The molecule has 1 amide bonds. The molecule has 0 radical (unpaired) electrons. The molecule has 0 aliphatic heterocycles. The number of hydrogen-bond donors (Lipinski definition) is 3. The highest BCUT2D eigenvalue weighted by Crippen LogP contribution is 2.06. The maximum absolute atomic E-state index is 13.2. The van der Waals surface area contributed by atoms with Crippen LogP contribution in [0.5, 0.6) is 0 Å². The Morgan fingerprint density at radius 1 is 1.08 bits per heavy atom. The van der Waals surface area contributed by atoms with Gasteiger partial charge in [-0.15, -0.1) is 24.0 Å². The first-order valence-electron chi connectivity index (χ1n) is 8.20. The minimum absolute atomic E-state index is 0. The summed E-state index contributed by atoms with van der Waals surface area (Å²) in [7, 11) is 1.61. The first kappa shape index (κ1) is 21.9. The maximum atomic E-state index is 13.2. The molecule has 7 heteroatoms. The summed E-state index contributed by atoms with van der Waals surface area (Å²) in [6.07, 6.45) is 0. The monoisotopic (exact) mass is 470 g/mol. The molecule has 3 N–H and O–H groups in total. The van der Waals surface area contributed by atoms with Gasteiger partial charge >= 0.3 is 0 Å². The van der Waals surface area contributed by atoms with Gasteiger partial charge in [0, 0.05) is 25.7 Å². The molecular weight excluding hydrogens is 446 g/mol. The van der Waals surface area contributed by atoms with E-state index in [1.807, 2.05) is 31.2 Å². The second-order valence-electron chi connectivity index (χ2n) is 5.46. The molecule has 0 unspecified atom stereocenters. The van der Waals surface area contributed by atoms with Crippen molar-refractivity contribution in [1.82, 2.24) is 16.0 Å². The van der Waals surface area contributed by atoms with Crippen molar-refractivity contribution in [3.63, 3.8) is 0 Å². The highest BCUT2D eigenvalue weighted by Gasteiger charge is 2.04. The predicted molar refractivity (Wildman–Crippen MR) is 113 cm³/mol. The molecule has 2 aromatic rings. The molecule has 2 aromatic carbocycles. The highest BCUT2D eigenvalue weighted by molar-refractivity contribution is 14.0. The number of nitrogens with zero attached hydrogens (tertiary/aromatic N) is 1. The normalized spacial score (nSPS) is 10.7. The van der Waals surface area contributed by atoms with Gasteiger partial charge in [0.05, 0.1) is 6.54 Å². The number of guanidine groups is 1. The molecule has 0 saturated heterocycles. The molecule has 26 heavy (non-hydrogen) atoms. The number of carbonyl (C=O) groups is 1. The SMILES string of the molecule is CCNC(=NCc1cccc(F)c1)NCc1cccc(C(=O)NC)c1.I. The van der Waals surface area contributed by atoms with Crippen LogP contribution in [0.3, 0.4) is 0 Å². The van der Waals surface area contributed by atoms with Crippen molar-refractivity contribution in [1.29, 1.82) is 0 Å². The minimum atomic E-state index is -0.267. The lowest BCUT2D eigenvalue weighted by Gasteiger charge is -2.12. The van der Waals surface area contributed by atoms with Crippen LogP contribution in [0, 0.1) is 5.82 Å². The first-order chi connectivity index (χ1) is 12.1. The van der Waals surface area contributed by atoms with E-state index < -0.39 is 0 Å². The second kappa shape index (κ2) is 11.5. The van der Waals surface area contributed by atoms with Crippen molar-refractivity contribution in [2.24, 2.45) is 4.99 Å². The van der Waals surface area contributed by atoms with Gasteiger partial charge in [-0.05, 0) is 42.3 Å². The summed E-state index contributed by atoms with van der Waals surface area (Å²) in [6, 6.07) is 13.8. The lowest BCUT2D eigenvalue weighted by Crippen LogP contribution is -2.36. The lowest BCUT2D eigenvalue weighted by atomic mass is 10.1. The topological polar surface area (TPSA) is 65.5 Å². The number of aliphatic imine (C=N–C) groups is 1. The summed E-state index contributed by atoms with van der Waals surface area (Å²) in [5, 5.41) is 8.98. The van der Waals surface area contributed by atoms with Crippen LogP contribution in [0.2, 0.25) is 0 Å². The van der Waals surface area contributed by atoms with Crippen LogP contribution in [0.4, 0.5) is 4.39 Å². The van der Waals surface area contributed by atoms with Gasteiger partial charge in [-0.1, -0.05) is 24.3 Å². The van der Waals surface area contributed by atoms with E-state index >= 15 is 0 Å². The predicted octanol–water partition coefficient (Wildman–Crippen LogP) is 3.06. The van der Waals surface area contributed by atoms with Crippen LogP contribution in [-0.4, -0.2) is 25.5 Å². The fourth-order valence-corrected chi connectivity index (χ4v) is 2.30. The zero-order chi connectivity index (χ0) is 18.1. The first-order valence-corrected chi connectivity index (χ1v) is 8.20. The maximum Gasteiger partial charge on any atom is 0.251 e. The third-order valence-corrected chi connectivity index (χ3v) is 3.53. The van der Waals surface area contributed by atoms with E-state index in [4.69, 9.17) is 0 Å². The average Bonchev–Trinajstić information content (AvgIpc) is 2.63. The highest BCUT2D eigenvalue weighted by atomic mass is 127. The Labute approximate surface area is 170 Å². The van der Waals surface area contributed by atoms with Crippen molar-refractivity contribution in [3.05, 3.63) is 71.0 Å². The van der Waals surface area contributed by atoms with E-state index in [1.165, 1.54) is 12.1 Å². The van der Waals surface area contributed by atoms with E-state index in [-0.39, 0.29) is 35.7 Å². The summed E-state index contributed by atoms with van der Waals surface area (Å²) in [6.45, 7) is 3.60. The minimum Gasteiger partial charge on any atom is -0.357 e. The number of rotatable bonds is 6. The van der Waals surface area contributed by atoms with Crippen molar-refractivity contribution < 1.29 is 9.18 Å². The molecule has 0 fully saturated rings. The van der Waals surface area contributed by atoms with Crippen molar-refractivity contribution in [2.75, 3.05) is 13.6 Å². The van der Waals surface area contributed by atoms with Gasteiger partial charge in [-0.3, -0.25) is 4.79 Å². The van der Waals surface area contributed by atoms with Gasteiger partial charge in [-0.25, -0.2) is 9.38 Å². The van der Waals surface area contributed by atoms with Crippen LogP contribution in [0.1, 0.15) is 28.4 Å². The van der Waals surface area contributed by atoms with E-state index in [1.54, 1.807) is 19.2 Å². The molecule has 0 bridgehead atoms. The summed E-state index contributed by atoms with van der Waals surface area (Å²) in [4.78, 5) is 16.2. The van der Waals surface area contributed by atoms with E-state index in [2.05, 4.69) is 20.9 Å². The Morgan fingerprint density at radius 2 is 1.81 bits per heavy atom. The van der Waals surface area contributed by atoms with Gasteiger partial charge < -0.3 is 16.0 Å². The number of hydrogen-bond acceptors (Lipinski definition) is 2. The van der Waals surface area contributed by atoms with E-state index in [0.29, 0.717) is 31.2 Å². The molecule has 140 valence electrons. The smallest absolute Gasteiger partial charge is 0.251 e. The Hall–Kier alpha value is -2.16. The molecule has 0 heterocycles. The van der Waals surface area contributed by atoms with Crippen LogP contribution in [0.15, 0.2) is 53.5 Å². The van der Waals surface area contributed by atoms with Crippen molar-refractivity contribution in [2.45, 2.75) is 20.0 Å². The van der Waals surface area contributed by atoms with Crippen LogP contribution >= 0.6 is 24.0 Å². The number of benzene rings is 2. The van der Waals surface area contributed by atoms with Crippen LogP contribution in [0.25, 0.3) is 0 Å². The van der Waals surface area contributed by atoms with Crippen LogP contribution < -0.4 is 16.0 Å². The zero-order valence-corrected chi connectivity index (χ0v) is 17.2. The van der Waals surface area contributed by atoms with Gasteiger partial charge in [0.15, 0.2) is 5.96 Å². The Balaban J connectivity index is 0.00000338. The fraction of sp³-hybridized carbons (Fsp3) is 0.263. The molecule has 2 rings (SSSR count). The van der Waals surface area contributed by atoms with Crippen LogP contribution in [-0.2, 0) is 13.1 Å². The Bertz CT molecular complexity index is 752. The standard InChI is InChI=1S/C19H23FN4O.HI/c1-3-22-19(24-13-15-7-5-9-17(20)11-15)23-12-14-6-4-8-16(10-14)18(25)21-2;/h4-11H,3,12-13H2,1-2H3,(H,21,25)(H2,22,23,24);1H. The molecule has 0 aliphatic rings. The Morgan fingerprint density at radius 3 is 2.50 bits per heavy atom. The molecule has 0 atom stereocenters. The largest absolute Gasteiger partial charge is 0.357 e. The van der Waals surface area contributed by atoms with Crippen molar-refractivity contribution in [3.8, 4) is 0 Å². The van der Waals surface area contributed by atoms with E-state index in [0.717, 1.165) is 11.1 Å². The summed E-state index contributed by atoms with van der Waals surface area (Å²) < 4.78 is 13.2. The van der Waals surface area contributed by atoms with Gasteiger partial charge in [-0.2, -0.15) is 0 Å². The third kappa shape index (κ3) is 6.99. The van der Waals surface area contributed by atoms with Gasteiger partial charge in [0.25, 0.3) is 5.91 Å². The number of amides is 1. The molecule has 0 aliphatic carbocycles. The van der Waals surface area contributed by atoms with Gasteiger partial charge in [0.1, 0.15) is 5.82 Å². The number of nitrogens with one attached hydrogen (secondary N) is 3. The van der Waals surface area contributed by atoms with Gasteiger partial charge in [0.2, 0.25) is 0 Å². The molecule has 0 aromatic heterocycles.